The number of hydrogen-bond acceptors (Lipinski definition) is 5. The minimum atomic E-state index is -0.891. The highest BCUT2D eigenvalue weighted by molar-refractivity contribution is 9.10. The van der Waals surface area contributed by atoms with E-state index in [1.165, 1.54) is 23.1 Å². The van der Waals surface area contributed by atoms with E-state index in [0.29, 0.717) is 21.3 Å². The van der Waals surface area contributed by atoms with Gasteiger partial charge in [0.15, 0.2) is 5.13 Å². The molecule has 0 radical (unpaired) electrons. The Labute approximate surface area is 194 Å². The summed E-state index contributed by atoms with van der Waals surface area (Å²) in [6.45, 7) is 0. The van der Waals surface area contributed by atoms with E-state index in [1.54, 1.807) is 48.5 Å². The number of carbonyl (C=O) groups excluding carboxylic acids is 2. The third-order valence-corrected chi connectivity index (χ3v) is 6.71. The fourth-order valence-electron chi connectivity index (χ4n) is 3.76. The van der Waals surface area contributed by atoms with Gasteiger partial charge in [-0.25, -0.2) is 9.37 Å². The highest BCUT2D eigenvalue weighted by Crippen LogP contribution is 2.44. The maximum Gasteiger partial charge on any atom is 0.301 e. The van der Waals surface area contributed by atoms with Crippen molar-refractivity contribution in [3.63, 3.8) is 0 Å². The number of rotatable bonds is 3. The van der Waals surface area contributed by atoms with Crippen molar-refractivity contribution < 1.29 is 19.1 Å². The molecule has 5 nitrogen and oxygen atoms in total. The number of aliphatic hydroxyl groups is 1. The van der Waals surface area contributed by atoms with Crippen molar-refractivity contribution in [2.24, 2.45) is 0 Å². The van der Waals surface area contributed by atoms with Crippen LogP contribution in [-0.4, -0.2) is 21.8 Å². The first kappa shape index (κ1) is 20.5. The van der Waals surface area contributed by atoms with Crippen LogP contribution in [0.2, 0.25) is 0 Å². The lowest BCUT2D eigenvalue weighted by molar-refractivity contribution is -0.132. The molecule has 0 unspecified atom stereocenters. The van der Waals surface area contributed by atoms with Crippen LogP contribution in [0.4, 0.5) is 9.52 Å². The molecule has 8 heteroatoms. The fraction of sp³-hybridized carbons (Fsp3) is 0.0417. The molecular weight excluding hydrogens is 495 g/mol. The molecule has 1 fully saturated rings. The van der Waals surface area contributed by atoms with E-state index >= 15 is 0 Å². The zero-order valence-corrected chi connectivity index (χ0v) is 18.7. The molecule has 0 spiro atoms. The molecule has 1 N–H and O–H groups in total. The van der Waals surface area contributed by atoms with E-state index in [9.17, 15) is 19.1 Å². The number of ketones is 1. The Hall–Kier alpha value is -3.36. The second-order valence-electron chi connectivity index (χ2n) is 7.20. The number of halogens is 2. The Kier molecular flexibility index (Phi) is 5.11. The minimum absolute atomic E-state index is 0.0234. The van der Waals surface area contributed by atoms with E-state index < -0.39 is 23.5 Å². The lowest BCUT2D eigenvalue weighted by atomic mass is 9.95. The predicted molar refractivity (Wildman–Crippen MR) is 125 cm³/mol. The first-order chi connectivity index (χ1) is 15.4. The van der Waals surface area contributed by atoms with Crippen molar-refractivity contribution in [1.29, 1.82) is 0 Å². The average Bonchev–Trinajstić information content (AvgIpc) is 3.32. The first-order valence-electron chi connectivity index (χ1n) is 9.62. The number of benzene rings is 3. The number of aliphatic hydroxyl groups excluding tert-OH is 1. The van der Waals surface area contributed by atoms with Crippen LogP contribution in [0, 0.1) is 5.82 Å². The van der Waals surface area contributed by atoms with Crippen LogP contribution in [-0.2, 0) is 9.59 Å². The van der Waals surface area contributed by atoms with Gasteiger partial charge >= 0.3 is 5.91 Å². The van der Waals surface area contributed by atoms with Gasteiger partial charge < -0.3 is 5.11 Å². The first-order valence-corrected chi connectivity index (χ1v) is 11.2. The van der Waals surface area contributed by atoms with Crippen molar-refractivity contribution in [2.45, 2.75) is 6.04 Å². The van der Waals surface area contributed by atoms with Gasteiger partial charge in [-0.05, 0) is 35.9 Å². The van der Waals surface area contributed by atoms with Crippen molar-refractivity contribution >= 4 is 60.1 Å². The summed E-state index contributed by atoms with van der Waals surface area (Å²) in [6, 6.07) is 19.0. The third-order valence-electron chi connectivity index (χ3n) is 5.20. The smallest absolute Gasteiger partial charge is 0.301 e. The lowest BCUT2D eigenvalue weighted by Gasteiger charge is -2.23. The molecule has 4 aromatic rings. The predicted octanol–water partition coefficient (Wildman–Crippen LogP) is 5.82. The van der Waals surface area contributed by atoms with Crippen molar-refractivity contribution in [3.05, 3.63) is 99.8 Å². The monoisotopic (exact) mass is 508 g/mol. The van der Waals surface area contributed by atoms with Crippen LogP contribution in [0.1, 0.15) is 17.2 Å². The van der Waals surface area contributed by atoms with Gasteiger partial charge in [-0.15, -0.1) is 0 Å². The summed E-state index contributed by atoms with van der Waals surface area (Å²) in [7, 11) is 0. The zero-order valence-electron chi connectivity index (χ0n) is 16.3. The van der Waals surface area contributed by atoms with Gasteiger partial charge in [-0.1, -0.05) is 69.7 Å². The second kappa shape index (κ2) is 7.96. The summed E-state index contributed by atoms with van der Waals surface area (Å²) in [5.74, 6) is -2.28. The van der Waals surface area contributed by atoms with E-state index in [1.807, 2.05) is 6.07 Å². The number of anilines is 1. The summed E-state index contributed by atoms with van der Waals surface area (Å²) >= 11 is 4.54. The Balaban J connectivity index is 1.75. The van der Waals surface area contributed by atoms with Gasteiger partial charge in [0, 0.05) is 10.0 Å². The van der Waals surface area contributed by atoms with Crippen LogP contribution < -0.4 is 4.90 Å². The number of aromatic nitrogens is 1. The van der Waals surface area contributed by atoms with Crippen LogP contribution >= 0.6 is 27.3 Å². The molecule has 1 atom stereocenters. The maximum absolute atomic E-state index is 13.7. The zero-order chi connectivity index (χ0) is 22.4. The molecule has 158 valence electrons. The summed E-state index contributed by atoms with van der Waals surface area (Å²) in [6.07, 6.45) is 0. The highest BCUT2D eigenvalue weighted by Gasteiger charge is 2.48. The summed E-state index contributed by atoms with van der Waals surface area (Å²) in [5.41, 5.74) is 1.55. The molecule has 1 amide bonds. The normalized spacial score (nSPS) is 17.9. The number of carbonyl (C=O) groups is 2. The van der Waals surface area contributed by atoms with Gasteiger partial charge in [-0.3, -0.25) is 14.5 Å². The van der Waals surface area contributed by atoms with E-state index in [-0.39, 0.29) is 16.5 Å². The highest BCUT2D eigenvalue weighted by atomic mass is 79.9. The molecule has 0 aliphatic carbocycles. The minimum Gasteiger partial charge on any atom is -0.507 e. The third kappa shape index (κ3) is 3.41. The number of amides is 1. The van der Waals surface area contributed by atoms with Crippen LogP contribution in [0.3, 0.4) is 0 Å². The van der Waals surface area contributed by atoms with Crippen molar-refractivity contribution in [3.8, 4) is 0 Å². The molecule has 1 aliphatic rings. The second-order valence-corrected chi connectivity index (χ2v) is 9.12. The molecule has 5 rings (SSSR count). The van der Waals surface area contributed by atoms with Gasteiger partial charge in [0.25, 0.3) is 5.78 Å². The molecular formula is C24H14BrFN2O3S. The topological polar surface area (TPSA) is 70.5 Å². The quantitative estimate of drug-likeness (QED) is 0.215. The van der Waals surface area contributed by atoms with Crippen LogP contribution in [0.5, 0.6) is 0 Å². The number of fused-ring (bicyclic) bond motifs is 1. The molecule has 0 saturated carbocycles. The van der Waals surface area contributed by atoms with Gasteiger partial charge in [0.05, 0.1) is 21.8 Å². The van der Waals surface area contributed by atoms with Gasteiger partial charge in [0.1, 0.15) is 11.6 Å². The summed E-state index contributed by atoms with van der Waals surface area (Å²) in [5, 5.41) is 11.3. The molecule has 32 heavy (non-hydrogen) atoms. The maximum atomic E-state index is 13.7. The Morgan fingerprint density at radius 1 is 1.03 bits per heavy atom. The van der Waals surface area contributed by atoms with Gasteiger partial charge in [-0.2, -0.15) is 0 Å². The van der Waals surface area contributed by atoms with Gasteiger partial charge in [0.2, 0.25) is 0 Å². The number of nitrogens with zero attached hydrogens (tertiary/aromatic N) is 2. The van der Waals surface area contributed by atoms with Crippen molar-refractivity contribution in [1.82, 2.24) is 4.98 Å². The summed E-state index contributed by atoms with van der Waals surface area (Å²) < 4.78 is 15.0. The van der Waals surface area contributed by atoms with Crippen LogP contribution in [0.25, 0.3) is 16.0 Å². The molecule has 1 aliphatic heterocycles. The molecule has 1 aromatic heterocycles. The largest absolute Gasteiger partial charge is 0.507 e. The Bertz CT molecular complexity index is 1420. The van der Waals surface area contributed by atoms with E-state index in [2.05, 4.69) is 20.9 Å². The Morgan fingerprint density at radius 3 is 2.56 bits per heavy atom. The Morgan fingerprint density at radius 2 is 1.81 bits per heavy atom. The SMILES string of the molecule is O=C1C(=O)N(c2nc3ccc(F)cc3s2)[C@H](c2cccc(Br)c2)C1=C(O)c1ccccc1. The van der Waals surface area contributed by atoms with E-state index in [0.717, 1.165) is 15.8 Å². The molecule has 1 saturated heterocycles. The van der Waals surface area contributed by atoms with Crippen LogP contribution in [0.15, 0.2) is 82.8 Å². The molecule has 2 heterocycles. The summed E-state index contributed by atoms with van der Waals surface area (Å²) in [4.78, 5) is 32.1. The average molecular weight is 509 g/mol. The number of thiazole rings is 1. The fourth-order valence-corrected chi connectivity index (χ4v) is 5.20. The number of Topliss-reactive ketones (excluding diaryl/α,β-unsaturated/α-hetero) is 1. The lowest BCUT2D eigenvalue weighted by Crippen LogP contribution is -2.29. The molecule has 3 aromatic carbocycles. The number of hydrogen-bond donors (Lipinski definition) is 1. The van der Waals surface area contributed by atoms with Crippen molar-refractivity contribution in [2.75, 3.05) is 4.90 Å². The molecule has 0 bridgehead atoms. The standard InChI is InChI=1S/C24H14BrFN2O3S/c25-15-8-4-7-14(11-15)20-19(21(29)13-5-2-1-3-6-13)22(30)23(31)28(20)24-27-17-10-9-16(26)12-18(17)32-24/h1-12,20,29H/t20-/m1/s1. The van der Waals surface area contributed by atoms with E-state index in [4.69, 9.17) is 0 Å².